The molecule has 0 saturated heterocycles. The van der Waals surface area contributed by atoms with Gasteiger partial charge in [0, 0.05) is 54.3 Å². The summed E-state index contributed by atoms with van der Waals surface area (Å²) in [5.41, 5.74) is 16.7. The Morgan fingerprint density at radius 1 is 0.373 bits per heavy atom. The Kier molecular flexibility index (Phi) is 6.92. The highest BCUT2D eigenvalue weighted by molar-refractivity contribution is 6.35. The summed E-state index contributed by atoms with van der Waals surface area (Å²) in [5, 5.41) is 14.8. The molecule has 0 N–H and O–H groups in total. The van der Waals surface area contributed by atoms with Crippen molar-refractivity contribution in [2.45, 2.75) is 52.4 Å². The Bertz CT molecular complexity index is 4620. The third-order valence-corrected chi connectivity index (χ3v) is 15.1. The number of nitrogens with zero attached hydrogens (tertiary/aromatic N) is 5. The maximum atomic E-state index is 5.89. The zero-order chi connectivity index (χ0) is 44.8. The molecule has 9 aromatic carbocycles. The van der Waals surface area contributed by atoms with Crippen LogP contribution in [0.25, 0.3) is 137 Å². The van der Waals surface area contributed by atoms with Gasteiger partial charge in [0.1, 0.15) is 11.0 Å². The molecule has 0 bridgehead atoms. The van der Waals surface area contributed by atoms with Gasteiger partial charge in [0.25, 0.3) is 0 Å². The first-order valence-electron chi connectivity index (χ1n) is 23.6. The summed E-state index contributed by atoms with van der Waals surface area (Å²) in [6, 6.07) is 61.0. The lowest BCUT2D eigenvalue weighted by Crippen LogP contribution is -2.11. The van der Waals surface area contributed by atoms with Crippen LogP contribution in [0.2, 0.25) is 0 Å². The third kappa shape index (κ3) is 4.78. The van der Waals surface area contributed by atoms with Gasteiger partial charge in [-0.1, -0.05) is 139 Å². The summed E-state index contributed by atoms with van der Waals surface area (Å²) in [4.78, 5) is 11.7. The molecule has 318 valence electrons. The number of para-hydroxylation sites is 2. The third-order valence-electron chi connectivity index (χ3n) is 15.1. The minimum atomic E-state index is -0.102. The Hall–Kier alpha value is -8.02. The van der Waals surface area contributed by atoms with E-state index < -0.39 is 0 Å². The van der Waals surface area contributed by atoms with Gasteiger partial charge in [-0.05, 0) is 116 Å². The van der Waals surface area contributed by atoms with Crippen LogP contribution in [0.1, 0.15) is 52.7 Å². The molecule has 5 nitrogen and oxygen atoms in total. The van der Waals surface area contributed by atoms with Crippen molar-refractivity contribution in [1.29, 1.82) is 0 Å². The summed E-state index contributed by atoms with van der Waals surface area (Å²) in [5.74, 6) is 0. The highest BCUT2D eigenvalue weighted by Gasteiger charge is 2.30. The smallest absolute Gasteiger partial charge is 0.165 e. The maximum Gasteiger partial charge on any atom is 0.165 e. The lowest BCUT2D eigenvalue weighted by Gasteiger charge is -2.21. The van der Waals surface area contributed by atoms with Crippen LogP contribution in [0.3, 0.4) is 0 Å². The highest BCUT2D eigenvalue weighted by atomic mass is 15.1. The van der Waals surface area contributed by atoms with Crippen LogP contribution in [-0.2, 0) is 10.8 Å². The Labute approximate surface area is 385 Å². The van der Waals surface area contributed by atoms with Gasteiger partial charge < -0.3 is 4.57 Å². The second-order valence-electron chi connectivity index (χ2n) is 21.0. The zero-order valence-electron chi connectivity index (χ0n) is 38.3. The van der Waals surface area contributed by atoms with Crippen LogP contribution in [-0.4, -0.2) is 23.3 Å². The van der Waals surface area contributed by atoms with Crippen molar-refractivity contribution in [3.05, 3.63) is 175 Å². The first-order valence-corrected chi connectivity index (χ1v) is 23.6. The summed E-state index contributed by atoms with van der Waals surface area (Å²) in [6.07, 6.45) is 0. The molecule has 0 saturated carbocycles. The summed E-state index contributed by atoms with van der Waals surface area (Å²) in [7, 11) is 0. The van der Waals surface area contributed by atoms with Gasteiger partial charge in [-0.2, -0.15) is 0 Å². The quantitative estimate of drug-likeness (QED) is 0.174. The lowest BCUT2D eigenvalue weighted by atomic mass is 9.83. The van der Waals surface area contributed by atoms with E-state index in [1.54, 1.807) is 0 Å². The molecular formula is C62H45N5. The topological polar surface area (TPSA) is 39.5 Å². The second-order valence-corrected chi connectivity index (χ2v) is 21.0. The van der Waals surface area contributed by atoms with Crippen LogP contribution in [0, 0.1) is 0 Å². The number of rotatable bonds is 2. The van der Waals surface area contributed by atoms with Crippen LogP contribution >= 0.6 is 0 Å². The van der Waals surface area contributed by atoms with Crippen LogP contribution in [0.4, 0.5) is 0 Å². The molecule has 67 heavy (non-hydrogen) atoms. The van der Waals surface area contributed by atoms with E-state index in [9.17, 15) is 0 Å². The number of fused-ring (bicyclic) bond motifs is 19. The first-order chi connectivity index (χ1) is 32.5. The minimum absolute atomic E-state index is 0.0963. The predicted molar refractivity (Wildman–Crippen MR) is 284 cm³/mol. The number of hydrogen-bond donors (Lipinski definition) is 0. The van der Waals surface area contributed by atoms with Crippen molar-refractivity contribution in [3.8, 4) is 16.8 Å². The van der Waals surface area contributed by atoms with Gasteiger partial charge in [-0.25, -0.2) is 9.97 Å². The largest absolute Gasteiger partial charge is 0.309 e. The average molecular weight is 860 g/mol. The van der Waals surface area contributed by atoms with Gasteiger partial charge in [-0.15, -0.1) is 0 Å². The van der Waals surface area contributed by atoms with Crippen molar-refractivity contribution in [3.63, 3.8) is 0 Å². The van der Waals surface area contributed by atoms with E-state index in [0.717, 1.165) is 44.3 Å². The van der Waals surface area contributed by atoms with Crippen molar-refractivity contribution in [2.75, 3.05) is 0 Å². The molecule has 0 atom stereocenters. The van der Waals surface area contributed by atoms with Gasteiger partial charge in [0.15, 0.2) is 11.3 Å². The fraction of sp³-hybridized carbons (Fsp3) is 0.129. The molecule has 6 aromatic heterocycles. The number of aromatic nitrogens is 5. The molecule has 15 rings (SSSR count). The second kappa shape index (κ2) is 12.4. The molecule has 15 aromatic rings. The van der Waals surface area contributed by atoms with Crippen LogP contribution < -0.4 is 0 Å². The monoisotopic (exact) mass is 859 g/mol. The van der Waals surface area contributed by atoms with E-state index in [2.05, 4.69) is 219 Å². The molecule has 0 aliphatic rings. The van der Waals surface area contributed by atoms with Gasteiger partial charge in [0.05, 0.1) is 33.1 Å². The highest BCUT2D eigenvalue weighted by Crippen LogP contribution is 2.49. The number of benzene rings is 9. The molecule has 0 radical (unpaired) electrons. The summed E-state index contributed by atoms with van der Waals surface area (Å²) >= 11 is 0. The molecule has 0 aliphatic carbocycles. The van der Waals surface area contributed by atoms with Crippen molar-refractivity contribution < 1.29 is 0 Å². The van der Waals surface area contributed by atoms with E-state index in [1.165, 1.54) is 104 Å². The van der Waals surface area contributed by atoms with E-state index >= 15 is 0 Å². The first kappa shape index (κ1) is 37.2. The standard InChI is InChI=1S/C62H45N5/c1-61(2,3)37-30-43(36-25-26-50-44(28-36)42-22-14-15-23-49(42)65(50)39-18-8-7-9-19-39)56-45(31-37)46-32-38(62(4,5)6)33-48-55-60(67(56)57(46)48)64-54-47-29-35-17-11-13-21-41(35)53-52-40-20-12-10-16-34(40)24-27-51(52)66(58(47)53)59(54)63-55/h7-33H,1-6H3. The van der Waals surface area contributed by atoms with Crippen LogP contribution in [0.5, 0.6) is 0 Å². The molecule has 0 fully saturated rings. The molecule has 0 spiro atoms. The zero-order valence-corrected chi connectivity index (χ0v) is 38.3. The van der Waals surface area contributed by atoms with Gasteiger partial charge in [-0.3, -0.25) is 8.80 Å². The average Bonchev–Trinajstić information content (AvgIpc) is 4.12. The van der Waals surface area contributed by atoms with E-state index in [1.807, 2.05) is 0 Å². The van der Waals surface area contributed by atoms with Crippen LogP contribution in [0.15, 0.2) is 164 Å². The normalized spacial score (nSPS) is 13.2. The molecular weight excluding hydrogens is 815 g/mol. The van der Waals surface area contributed by atoms with E-state index in [0.29, 0.717) is 0 Å². The summed E-state index contributed by atoms with van der Waals surface area (Å²) in [6.45, 7) is 14.0. The van der Waals surface area contributed by atoms with Crippen molar-refractivity contribution in [2.24, 2.45) is 0 Å². The molecule has 0 unspecified atom stereocenters. The fourth-order valence-corrected chi connectivity index (χ4v) is 11.9. The predicted octanol–water partition coefficient (Wildman–Crippen LogP) is 16.4. The molecule has 0 amide bonds. The van der Waals surface area contributed by atoms with Gasteiger partial charge >= 0.3 is 0 Å². The maximum absolute atomic E-state index is 5.89. The van der Waals surface area contributed by atoms with Crippen molar-refractivity contribution >= 4 is 120 Å². The number of hydrogen-bond acceptors (Lipinski definition) is 2. The summed E-state index contributed by atoms with van der Waals surface area (Å²) < 4.78 is 7.30. The Morgan fingerprint density at radius 2 is 0.940 bits per heavy atom. The van der Waals surface area contributed by atoms with Crippen molar-refractivity contribution in [1.82, 2.24) is 23.3 Å². The lowest BCUT2D eigenvalue weighted by molar-refractivity contribution is 0.591. The fourth-order valence-electron chi connectivity index (χ4n) is 11.9. The molecule has 6 heterocycles. The minimum Gasteiger partial charge on any atom is -0.309 e. The van der Waals surface area contributed by atoms with E-state index in [-0.39, 0.29) is 10.8 Å². The van der Waals surface area contributed by atoms with Gasteiger partial charge in [0.2, 0.25) is 0 Å². The Balaban J connectivity index is 1.13. The van der Waals surface area contributed by atoms with E-state index in [4.69, 9.17) is 9.97 Å². The SMILES string of the molecule is CC(C)(C)c1cc(-c2ccc3c(c2)c2ccccc2n3-c2ccccc2)c2c(c1)c1cc(C(C)(C)C)cc3c4nc5c(nc4n2c13)c1cc2ccccc2c2c3c4ccccc4ccc3n5c12. The Morgan fingerprint density at radius 3 is 1.69 bits per heavy atom. The molecule has 5 heteroatoms. The molecule has 0 aliphatic heterocycles.